The molecule has 0 aliphatic carbocycles. The molecule has 5 nitrogen and oxygen atoms in total. The second-order valence-corrected chi connectivity index (χ2v) is 2.64. The largest absolute Gasteiger partial charge is 0.465 e. The first-order valence-electron chi connectivity index (χ1n) is 3.94. The van der Waals surface area contributed by atoms with Crippen LogP contribution >= 0.6 is 12.4 Å². The number of halogens is 1. The van der Waals surface area contributed by atoms with Crippen LogP contribution in [-0.2, 0) is 0 Å². The molecule has 82 valence electrons. The van der Waals surface area contributed by atoms with Gasteiger partial charge < -0.3 is 10.4 Å². The molecule has 15 heavy (non-hydrogen) atoms. The standard InChI is InChI=1S/C9H10N2O3.ClH/c1-11(9(13)14)8(12)10-7-5-3-2-4-6-7;/h2-6H,1H3,(H,10,12)(H,13,14);1H. The van der Waals surface area contributed by atoms with Gasteiger partial charge in [-0.15, -0.1) is 12.4 Å². The fourth-order valence-electron chi connectivity index (χ4n) is 0.816. The summed E-state index contributed by atoms with van der Waals surface area (Å²) in [6.07, 6.45) is -1.29. The minimum absolute atomic E-state index is 0. The number of hydrogen-bond donors (Lipinski definition) is 2. The number of rotatable bonds is 1. The van der Waals surface area contributed by atoms with Crippen LogP contribution in [0.15, 0.2) is 30.3 Å². The number of benzene rings is 1. The molecule has 0 unspecified atom stereocenters. The predicted octanol–water partition coefficient (Wildman–Crippen LogP) is 2.25. The maximum absolute atomic E-state index is 11.2. The first-order valence-corrected chi connectivity index (χ1v) is 3.94. The summed E-state index contributed by atoms with van der Waals surface area (Å²) >= 11 is 0. The molecule has 1 aromatic carbocycles. The summed E-state index contributed by atoms with van der Waals surface area (Å²) in [4.78, 5) is 22.2. The Morgan fingerprint density at radius 1 is 1.27 bits per heavy atom. The summed E-state index contributed by atoms with van der Waals surface area (Å²) in [6.45, 7) is 0. The fraction of sp³-hybridized carbons (Fsp3) is 0.111. The molecule has 1 aromatic rings. The lowest BCUT2D eigenvalue weighted by atomic mass is 10.3. The van der Waals surface area contributed by atoms with E-state index in [-0.39, 0.29) is 12.4 Å². The van der Waals surface area contributed by atoms with E-state index < -0.39 is 12.1 Å². The van der Waals surface area contributed by atoms with Crippen LogP contribution in [0.4, 0.5) is 15.3 Å². The normalized spacial score (nSPS) is 8.60. The van der Waals surface area contributed by atoms with Gasteiger partial charge in [0.25, 0.3) is 0 Å². The van der Waals surface area contributed by atoms with E-state index in [4.69, 9.17) is 5.11 Å². The van der Waals surface area contributed by atoms with Crippen LogP contribution in [0.5, 0.6) is 0 Å². The third kappa shape index (κ3) is 3.86. The van der Waals surface area contributed by atoms with E-state index in [2.05, 4.69) is 5.32 Å². The Kier molecular flexibility index (Phi) is 5.19. The van der Waals surface area contributed by atoms with Crippen molar-refractivity contribution in [3.8, 4) is 0 Å². The van der Waals surface area contributed by atoms with E-state index in [0.29, 0.717) is 10.6 Å². The molecule has 0 radical (unpaired) electrons. The van der Waals surface area contributed by atoms with Crippen LogP contribution in [0.25, 0.3) is 0 Å². The molecule has 0 heterocycles. The van der Waals surface area contributed by atoms with Crippen molar-refractivity contribution in [3.63, 3.8) is 0 Å². The number of carbonyl (C=O) groups is 2. The quantitative estimate of drug-likeness (QED) is 0.777. The van der Waals surface area contributed by atoms with E-state index in [1.807, 2.05) is 0 Å². The number of hydrogen-bond acceptors (Lipinski definition) is 2. The maximum Gasteiger partial charge on any atom is 0.415 e. The minimum atomic E-state index is -1.29. The topological polar surface area (TPSA) is 69.6 Å². The van der Waals surface area contributed by atoms with E-state index in [9.17, 15) is 9.59 Å². The van der Waals surface area contributed by atoms with Crippen molar-refractivity contribution in [2.75, 3.05) is 12.4 Å². The molecule has 3 amide bonds. The maximum atomic E-state index is 11.2. The zero-order valence-electron chi connectivity index (χ0n) is 8.01. The van der Waals surface area contributed by atoms with Gasteiger partial charge >= 0.3 is 12.1 Å². The zero-order valence-corrected chi connectivity index (χ0v) is 8.82. The molecule has 0 aliphatic rings. The minimum Gasteiger partial charge on any atom is -0.465 e. The zero-order chi connectivity index (χ0) is 10.6. The summed E-state index contributed by atoms with van der Waals surface area (Å²) in [5.41, 5.74) is 0.561. The Bertz CT molecular complexity index is 342. The van der Waals surface area contributed by atoms with Crippen LogP contribution in [-0.4, -0.2) is 29.2 Å². The van der Waals surface area contributed by atoms with Gasteiger partial charge in [0.05, 0.1) is 0 Å². The van der Waals surface area contributed by atoms with Gasteiger partial charge in [0.1, 0.15) is 0 Å². The summed E-state index contributed by atoms with van der Waals surface area (Å²) in [7, 11) is 1.18. The number of urea groups is 1. The molecule has 0 atom stereocenters. The fourth-order valence-corrected chi connectivity index (χ4v) is 0.816. The Labute approximate surface area is 93.1 Å². The third-order valence-electron chi connectivity index (χ3n) is 1.62. The highest BCUT2D eigenvalue weighted by atomic mass is 35.5. The molecule has 0 fully saturated rings. The molecule has 0 saturated carbocycles. The number of amides is 3. The highest BCUT2D eigenvalue weighted by molar-refractivity contribution is 5.98. The van der Waals surface area contributed by atoms with Crippen LogP contribution < -0.4 is 5.32 Å². The molecule has 0 aliphatic heterocycles. The lowest BCUT2D eigenvalue weighted by molar-refractivity contribution is 0.161. The van der Waals surface area contributed by atoms with E-state index in [0.717, 1.165) is 0 Å². The van der Waals surface area contributed by atoms with Gasteiger partial charge in [-0.25, -0.2) is 14.5 Å². The van der Waals surface area contributed by atoms with Crippen molar-refractivity contribution in [1.29, 1.82) is 0 Å². The van der Waals surface area contributed by atoms with Gasteiger partial charge in [-0.3, -0.25) is 0 Å². The lowest BCUT2D eigenvalue weighted by Crippen LogP contribution is -2.35. The number of carbonyl (C=O) groups excluding carboxylic acids is 1. The first kappa shape index (κ1) is 13.2. The second kappa shape index (κ2) is 5.87. The van der Waals surface area contributed by atoms with Gasteiger partial charge in [-0.05, 0) is 12.1 Å². The number of para-hydroxylation sites is 1. The monoisotopic (exact) mass is 230 g/mol. The SMILES string of the molecule is CN(C(=O)O)C(=O)Nc1ccccc1.Cl. The molecule has 2 N–H and O–H groups in total. The van der Waals surface area contributed by atoms with Gasteiger partial charge in [0.15, 0.2) is 0 Å². The molecule has 0 bridgehead atoms. The predicted molar refractivity (Wildman–Crippen MR) is 58.5 cm³/mol. The van der Waals surface area contributed by atoms with Gasteiger partial charge in [-0.2, -0.15) is 0 Å². The van der Waals surface area contributed by atoms with E-state index in [1.54, 1.807) is 30.3 Å². The second-order valence-electron chi connectivity index (χ2n) is 2.64. The van der Waals surface area contributed by atoms with Gasteiger partial charge in [0, 0.05) is 12.7 Å². The molecule has 6 heteroatoms. The Morgan fingerprint density at radius 2 is 1.80 bits per heavy atom. The third-order valence-corrected chi connectivity index (χ3v) is 1.62. The van der Waals surface area contributed by atoms with Crippen molar-refractivity contribution in [1.82, 2.24) is 4.90 Å². The van der Waals surface area contributed by atoms with Crippen molar-refractivity contribution >= 4 is 30.2 Å². The van der Waals surface area contributed by atoms with Crippen molar-refractivity contribution in [3.05, 3.63) is 30.3 Å². The average molecular weight is 231 g/mol. The van der Waals surface area contributed by atoms with E-state index in [1.165, 1.54) is 7.05 Å². The van der Waals surface area contributed by atoms with Crippen LogP contribution in [0.2, 0.25) is 0 Å². The number of carboxylic acid groups (broad SMARTS) is 1. The highest BCUT2D eigenvalue weighted by Crippen LogP contribution is 2.05. The van der Waals surface area contributed by atoms with Crippen LogP contribution in [0.1, 0.15) is 0 Å². The Hall–Kier alpha value is -1.75. The van der Waals surface area contributed by atoms with Crippen LogP contribution in [0, 0.1) is 0 Å². The number of nitrogens with zero attached hydrogens (tertiary/aromatic N) is 1. The Balaban J connectivity index is 0.00000196. The van der Waals surface area contributed by atoms with Crippen LogP contribution in [0.3, 0.4) is 0 Å². The molecule has 0 aromatic heterocycles. The molecule has 0 saturated heterocycles. The van der Waals surface area contributed by atoms with Crippen molar-refractivity contribution in [2.45, 2.75) is 0 Å². The van der Waals surface area contributed by atoms with Gasteiger partial charge in [0.2, 0.25) is 0 Å². The number of anilines is 1. The first-order chi connectivity index (χ1) is 6.61. The van der Waals surface area contributed by atoms with Crippen molar-refractivity contribution < 1.29 is 14.7 Å². The number of imide groups is 1. The molecule has 0 spiro atoms. The molecular formula is C9H11ClN2O3. The molecule has 1 rings (SSSR count). The smallest absolute Gasteiger partial charge is 0.415 e. The average Bonchev–Trinajstić information content (AvgIpc) is 2.18. The summed E-state index contributed by atoms with van der Waals surface area (Å²) < 4.78 is 0. The number of nitrogens with one attached hydrogen (secondary N) is 1. The Morgan fingerprint density at radius 3 is 2.27 bits per heavy atom. The lowest BCUT2D eigenvalue weighted by Gasteiger charge is -2.11. The van der Waals surface area contributed by atoms with Crippen molar-refractivity contribution in [2.24, 2.45) is 0 Å². The summed E-state index contributed by atoms with van der Waals surface area (Å²) in [5, 5.41) is 10.9. The summed E-state index contributed by atoms with van der Waals surface area (Å²) in [5.74, 6) is 0. The van der Waals surface area contributed by atoms with E-state index >= 15 is 0 Å². The highest BCUT2D eigenvalue weighted by Gasteiger charge is 2.14. The van der Waals surface area contributed by atoms with Gasteiger partial charge in [-0.1, -0.05) is 18.2 Å². The summed E-state index contributed by atoms with van der Waals surface area (Å²) in [6, 6.07) is 7.97. The molecular weight excluding hydrogens is 220 g/mol.